The summed E-state index contributed by atoms with van der Waals surface area (Å²) in [5.41, 5.74) is 0. The highest BCUT2D eigenvalue weighted by atomic mass is 16.5. The Bertz CT molecular complexity index is 150. The van der Waals surface area contributed by atoms with E-state index in [2.05, 4.69) is 25.2 Å². The molecule has 0 spiro atoms. The maximum absolute atomic E-state index is 11.1. The van der Waals surface area contributed by atoms with E-state index in [1.54, 1.807) is 6.08 Å². The molecule has 0 N–H and O–H groups in total. The first-order chi connectivity index (χ1) is 5.61. The molecule has 1 atom stereocenters. The first kappa shape index (κ1) is 11.2. The molecule has 2 heteroatoms. The van der Waals surface area contributed by atoms with Crippen LogP contribution in [0.5, 0.6) is 0 Å². The van der Waals surface area contributed by atoms with Gasteiger partial charge in [0.1, 0.15) is 0 Å². The van der Waals surface area contributed by atoms with Crippen LogP contribution >= 0.6 is 0 Å². The van der Waals surface area contributed by atoms with Gasteiger partial charge in [0.05, 0.1) is 13.0 Å². The molecule has 0 radical (unpaired) electrons. The minimum atomic E-state index is -0.175. The van der Waals surface area contributed by atoms with E-state index < -0.39 is 0 Å². The fraction of sp³-hybridized carbons (Fsp3) is 0.700. The molecule has 0 aromatic heterocycles. The van der Waals surface area contributed by atoms with Crippen LogP contribution in [-0.2, 0) is 9.53 Å². The molecule has 70 valence electrons. The predicted octanol–water partition coefficient (Wildman–Crippen LogP) is 2.40. The van der Waals surface area contributed by atoms with Crippen LogP contribution in [0.15, 0.2) is 12.7 Å². The first-order valence-corrected chi connectivity index (χ1v) is 4.32. The summed E-state index contributed by atoms with van der Waals surface area (Å²) in [6.45, 7) is 7.88. The third-order valence-electron chi connectivity index (χ3n) is 1.84. The molecular formula is C10H18O2. The van der Waals surface area contributed by atoms with Crippen LogP contribution < -0.4 is 0 Å². The van der Waals surface area contributed by atoms with Gasteiger partial charge >= 0.3 is 5.97 Å². The van der Waals surface area contributed by atoms with Crippen LogP contribution in [0.3, 0.4) is 0 Å². The van der Waals surface area contributed by atoms with E-state index in [1.165, 1.54) is 7.11 Å². The van der Waals surface area contributed by atoms with Crippen LogP contribution in [0, 0.1) is 11.8 Å². The lowest BCUT2D eigenvalue weighted by Gasteiger charge is -2.10. The zero-order valence-corrected chi connectivity index (χ0v) is 8.17. The van der Waals surface area contributed by atoms with Crippen LogP contribution in [0.2, 0.25) is 0 Å². The molecular weight excluding hydrogens is 152 g/mol. The number of rotatable bonds is 5. The fourth-order valence-corrected chi connectivity index (χ4v) is 0.996. The van der Waals surface area contributed by atoms with Crippen LogP contribution in [0.4, 0.5) is 0 Å². The van der Waals surface area contributed by atoms with Crippen molar-refractivity contribution in [2.45, 2.75) is 26.7 Å². The molecule has 0 aliphatic rings. The van der Waals surface area contributed by atoms with E-state index in [1.807, 2.05) is 0 Å². The molecule has 0 aromatic rings. The summed E-state index contributed by atoms with van der Waals surface area (Å²) in [5, 5.41) is 0. The molecule has 0 saturated carbocycles. The molecule has 0 aliphatic heterocycles. The van der Waals surface area contributed by atoms with Crippen molar-refractivity contribution < 1.29 is 9.53 Å². The highest BCUT2D eigenvalue weighted by Crippen LogP contribution is 2.14. The standard InChI is InChI=1S/C10H18O2/c1-5-9(10(11)12-4)7-6-8(2)3/h5,8-9H,1,6-7H2,2-4H3. The first-order valence-electron chi connectivity index (χ1n) is 4.32. The molecule has 0 rings (SSSR count). The Morgan fingerprint density at radius 1 is 1.50 bits per heavy atom. The van der Waals surface area contributed by atoms with Gasteiger partial charge in [-0.15, -0.1) is 6.58 Å². The van der Waals surface area contributed by atoms with Crippen molar-refractivity contribution in [2.75, 3.05) is 7.11 Å². The SMILES string of the molecule is C=CC(CCC(C)C)C(=O)OC. The Labute approximate surface area is 74.6 Å². The third-order valence-corrected chi connectivity index (χ3v) is 1.84. The summed E-state index contributed by atoms with van der Waals surface area (Å²) < 4.78 is 4.63. The average molecular weight is 170 g/mol. The van der Waals surface area contributed by atoms with Gasteiger partial charge < -0.3 is 4.74 Å². The maximum atomic E-state index is 11.1. The molecule has 0 amide bonds. The van der Waals surface area contributed by atoms with Crippen molar-refractivity contribution >= 4 is 5.97 Å². The van der Waals surface area contributed by atoms with Crippen molar-refractivity contribution in [1.29, 1.82) is 0 Å². The number of carbonyl (C=O) groups is 1. The molecule has 1 unspecified atom stereocenters. The minimum absolute atomic E-state index is 0.127. The highest BCUT2D eigenvalue weighted by Gasteiger charge is 2.14. The normalized spacial score (nSPS) is 12.7. The molecule has 2 nitrogen and oxygen atoms in total. The lowest BCUT2D eigenvalue weighted by molar-refractivity contribution is -0.144. The van der Waals surface area contributed by atoms with Gasteiger partial charge in [-0.05, 0) is 18.8 Å². The van der Waals surface area contributed by atoms with E-state index >= 15 is 0 Å². The van der Waals surface area contributed by atoms with E-state index in [9.17, 15) is 4.79 Å². The number of hydrogen-bond donors (Lipinski definition) is 0. The van der Waals surface area contributed by atoms with Gasteiger partial charge in [0.15, 0.2) is 0 Å². The van der Waals surface area contributed by atoms with Gasteiger partial charge in [-0.2, -0.15) is 0 Å². The van der Waals surface area contributed by atoms with Gasteiger partial charge in [0, 0.05) is 0 Å². The van der Waals surface area contributed by atoms with Gasteiger partial charge in [-0.3, -0.25) is 4.79 Å². The second-order valence-corrected chi connectivity index (χ2v) is 3.34. The van der Waals surface area contributed by atoms with Gasteiger partial charge in [-0.1, -0.05) is 19.9 Å². The molecule has 0 heterocycles. The lowest BCUT2D eigenvalue weighted by atomic mass is 9.98. The number of methoxy groups -OCH3 is 1. The second-order valence-electron chi connectivity index (χ2n) is 3.34. The minimum Gasteiger partial charge on any atom is -0.469 e. The Hall–Kier alpha value is -0.790. The van der Waals surface area contributed by atoms with Crippen molar-refractivity contribution in [2.24, 2.45) is 11.8 Å². The molecule has 12 heavy (non-hydrogen) atoms. The quantitative estimate of drug-likeness (QED) is 0.468. The zero-order chi connectivity index (χ0) is 9.56. The molecule has 0 aliphatic carbocycles. The monoisotopic (exact) mass is 170 g/mol. The van der Waals surface area contributed by atoms with Crippen LogP contribution in [-0.4, -0.2) is 13.1 Å². The zero-order valence-electron chi connectivity index (χ0n) is 8.17. The van der Waals surface area contributed by atoms with Gasteiger partial charge in [0.25, 0.3) is 0 Å². The smallest absolute Gasteiger partial charge is 0.312 e. The molecule has 0 aromatic carbocycles. The molecule has 0 fully saturated rings. The Morgan fingerprint density at radius 2 is 2.08 bits per heavy atom. The predicted molar refractivity (Wildman–Crippen MR) is 49.8 cm³/mol. The van der Waals surface area contributed by atoms with Crippen molar-refractivity contribution in [3.63, 3.8) is 0 Å². The third kappa shape index (κ3) is 4.16. The Morgan fingerprint density at radius 3 is 2.42 bits per heavy atom. The topological polar surface area (TPSA) is 26.3 Å². The fourth-order valence-electron chi connectivity index (χ4n) is 0.996. The van der Waals surface area contributed by atoms with E-state index in [0.717, 1.165) is 12.8 Å². The summed E-state index contributed by atoms with van der Waals surface area (Å²) in [5.74, 6) is 0.320. The van der Waals surface area contributed by atoms with Crippen LogP contribution in [0.1, 0.15) is 26.7 Å². The van der Waals surface area contributed by atoms with E-state index in [0.29, 0.717) is 5.92 Å². The maximum Gasteiger partial charge on any atom is 0.312 e. The Kier molecular flexibility index (Phi) is 5.43. The summed E-state index contributed by atoms with van der Waals surface area (Å²) in [4.78, 5) is 11.1. The summed E-state index contributed by atoms with van der Waals surface area (Å²) in [6, 6.07) is 0. The lowest BCUT2D eigenvalue weighted by Crippen LogP contribution is -2.14. The number of esters is 1. The molecule has 0 bridgehead atoms. The summed E-state index contributed by atoms with van der Waals surface area (Å²) in [7, 11) is 1.41. The van der Waals surface area contributed by atoms with Crippen molar-refractivity contribution in [1.82, 2.24) is 0 Å². The summed E-state index contributed by atoms with van der Waals surface area (Å²) >= 11 is 0. The number of carbonyl (C=O) groups excluding carboxylic acids is 1. The van der Waals surface area contributed by atoms with Gasteiger partial charge in [-0.25, -0.2) is 0 Å². The van der Waals surface area contributed by atoms with Gasteiger partial charge in [0.2, 0.25) is 0 Å². The average Bonchev–Trinajstić information content (AvgIpc) is 2.04. The van der Waals surface area contributed by atoms with E-state index in [4.69, 9.17) is 0 Å². The number of hydrogen-bond acceptors (Lipinski definition) is 2. The van der Waals surface area contributed by atoms with Crippen molar-refractivity contribution in [3.8, 4) is 0 Å². The Balaban J connectivity index is 3.83. The number of ether oxygens (including phenoxy) is 1. The second kappa shape index (κ2) is 5.81. The highest BCUT2D eigenvalue weighted by molar-refractivity contribution is 5.74. The van der Waals surface area contributed by atoms with E-state index in [-0.39, 0.29) is 11.9 Å². The molecule has 0 saturated heterocycles. The largest absolute Gasteiger partial charge is 0.469 e. The summed E-state index contributed by atoms with van der Waals surface area (Å²) in [6.07, 6.45) is 3.54. The van der Waals surface area contributed by atoms with Crippen molar-refractivity contribution in [3.05, 3.63) is 12.7 Å². The van der Waals surface area contributed by atoms with Crippen LogP contribution in [0.25, 0.3) is 0 Å².